The number of hydrogen-bond acceptors (Lipinski definition) is 4. The molecule has 1 atom stereocenters. The first kappa shape index (κ1) is 13.4. The van der Waals surface area contributed by atoms with Gasteiger partial charge < -0.3 is 5.11 Å². The minimum Gasteiger partial charge on any atom is -0.389 e. The lowest BCUT2D eigenvalue weighted by Crippen LogP contribution is -1.91. The Hall–Kier alpha value is -1.56. The number of fused-ring (bicyclic) bond motifs is 1. The number of benzene rings is 1. The van der Waals surface area contributed by atoms with Crippen molar-refractivity contribution in [3.8, 4) is 0 Å². The Kier molecular flexibility index (Phi) is 3.65. The van der Waals surface area contributed by atoms with Gasteiger partial charge >= 0.3 is 0 Å². The number of halogens is 1. The van der Waals surface area contributed by atoms with E-state index >= 15 is 0 Å². The lowest BCUT2D eigenvalue weighted by molar-refractivity contribution is 0.199. The molecule has 0 aliphatic rings. The highest BCUT2D eigenvalue weighted by molar-refractivity contribution is 7.99. The van der Waals surface area contributed by atoms with Crippen molar-refractivity contribution in [1.82, 2.24) is 14.6 Å². The smallest absolute Gasteiger partial charge is 0.200 e. The molecule has 1 N–H and O–H groups in total. The van der Waals surface area contributed by atoms with Crippen molar-refractivity contribution in [2.45, 2.75) is 23.1 Å². The molecule has 0 fully saturated rings. The van der Waals surface area contributed by atoms with Crippen molar-refractivity contribution in [1.29, 1.82) is 0 Å². The molecule has 2 heterocycles. The minimum absolute atomic E-state index is 0.527. The summed E-state index contributed by atoms with van der Waals surface area (Å²) in [6.45, 7) is 1.71. The molecular weight excluding hydrogens is 294 g/mol. The van der Waals surface area contributed by atoms with Crippen LogP contribution < -0.4 is 0 Å². The van der Waals surface area contributed by atoms with Gasteiger partial charge in [-0.2, -0.15) is 0 Å². The normalized spacial score (nSPS) is 12.8. The molecule has 102 valence electrons. The predicted molar refractivity (Wildman–Crippen MR) is 79.2 cm³/mol. The van der Waals surface area contributed by atoms with Crippen LogP contribution in [-0.4, -0.2) is 19.7 Å². The molecule has 20 heavy (non-hydrogen) atoms. The summed E-state index contributed by atoms with van der Waals surface area (Å²) in [5, 5.41) is 19.2. The van der Waals surface area contributed by atoms with Gasteiger partial charge in [0.05, 0.1) is 11.1 Å². The third-order valence-electron chi connectivity index (χ3n) is 2.92. The van der Waals surface area contributed by atoms with Crippen LogP contribution in [0.25, 0.3) is 5.65 Å². The zero-order chi connectivity index (χ0) is 14.1. The lowest BCUT2D eigenvalue weighted by atomic mass is 10.1. The van der Waals surface area contributed by atoms with Gasteiger partial charge in [0.2, 0.25) is 0 Å². The molecule has 1 unspecified atom stereocenters. The summed E-state index contributed by atoms with van der Waals surface area (Å²) < 4.78 is 1.91. The van der Waals surface area contributed by atoms with Crippen LogP contribution in [0.2, 0.25) is 5.02 Å². The van der Waals surface area contributed by atoms with Crippen molar-refractivity contribution in [2.75, 3.05) is 0 Å². The van der Waals surface area contributed by atoms with Gasteiger partial charge in [0.15, 0.2) is 10.8 Å². The second-order valence-electron chi connectivity index (χ2n) is 4.38. The zero-order valence-corrected chi connectivity index (χ0v) is 12.3. The molecule has 6 heteroatoms. The molecule has 1 aromatic carbocycles. The van der Waals surface area contributed by atoms with E-state index in [2.05, 4.69) is 10.2 Å². The monoisotopic (exact) mass is 305 g/mol. The third kappa shape index (κ3) is 2.52. The van der Waals surface area contributed by atoms with E-state index < -0.39 is 6.10 Å². The summed E-state index contributed by atoms with van der Waals surface area (Å²) in [7, 11) is 0. The van der Waals surface area contributed by atoms with E-state index in [0.29, 0.717) is 5.02 Å². The van der Waals surface area contributed by atoms with Crippen LogP contribution in [0.15, 0.2) is 52.6 Å². The predicted octanol–water partition coefficient (Wildman–Crippen LogP) is 3.59. The Morgan fingerprint density at radius 1 is 1.25 bits per heavy atom. The molecule has 0 radical (unpaired) electrons. The van der Waals surface area contributed by atoms with Crippen molar-refractivity contribution in [3.63, 3.8) is 0 Å². The van der Waals surface area contributed by atoms with Crippen molar-refractivity contribution in [3.05, 3.63) is 53.2 Å². The van der Waals surface area contributed by atoms with Crippen LogP contribution in [-0.2, 0) is 0 Å². The first-order chi connectivity index (χ1) is 9.65. The Morgan fingerprint density at radius 3 is 2.85 bits per heavy atom. The fraction of sp³-hybridized carbons (Fsp3) is 0.143. The summed E-state index contributed by atoms with van der Waals surface area (Å²) >= 11 is 7.70. The molecule has 0 saturated heterocycles. The van der Waals surface area contributed by atoms with Crippen LogP contribution >= 0.6 is 23.4 Å². The minimum atomic E-state index is -0.527. The van der Waals surface area contributed by atoms with Crippen LogP contribution in [0, 0.1) is 0 Å². The number of aromatic nitrogens is 3. The maximum absolute atomic E-state index is 9.55. The Balaban J connectivity index is 1.95. The first-order valence-corrected chi connectivity index (χ1v) is 7.30. The van der Waals surface area contributed by atoms with Crippen LogP contribution in [0.3, 0.4) is 0 Å². The number of pyridine rings is 1. The summed E-state index contributed by atoms with van der Waals surface area (Å²) in [5.41, 5.74) is 1.59. The third-order valence-corrected chi connectivity index (χ3v) is 4.38. The van der Waals surface area contributed by atoms with Gasteiger partial charge in [0, 0.05) is 11.1 Å². The van der Waals surface area contributed by atoms with E-state index in [9.17, 15) is 5.11 Å². The van der Waals surface area contributed by atoms with Crippen LogP contribution in [0.1, 0.15) is 18.6 Å². The van der Waals surface area contributed by atoms with Gasteiger partial charge in [-0.3, -0.25) is 4.40 Å². The van der Waals surface area contributed by atoms with Crippen molar-refractivity contribution >= 4 is 29.0 Å². The maximum atomic E-state index is 9.55. The average molecular weight is 306 g/mol. The second-order valence-corrected chi connectivity index (χ2v) is 5.80. The van der Waals surface area contributed by atoms with Crippen molar-refractivity contribution < 1.29 is 5.11 Å². The second kappa shape index (κ2) is 5.44. The van der Waals surface area contributed by atoms with Gasteiger partial charge in [-0.15, -0.1) is 10.2 Å². The zero-order valence-electron chi connectivity index (χ0n) is 10.7. The van der Waals surface area contributed by atoms with Crippen LogP contribution in [0.4, 0.5) is 0 Å². The number of aliphatic hydroxyl groups excluding tert-OH is 1. The Morgan fingerprint density at radius 2 is 2.10 bits per heavy atom. The molecule has 2 aromatic heterocycles. The number of rotatable bonds is 3. The van der Waals surface area contributed by atoms with E-state index in [1.54, 1.807) is 13.0 Å². The number of aliphatic hydroxyl groups is 1. The summed E-state index contributed by atoms with van der Waals surface area (Å²) in [6.07, 6.45) is 1.39. The van der Waals surface area contributed by atoms with Gasteiger partial charge in [0.1, 0.15) is 0 Å². The molecular formula is C14H12ClN3OS. The van der Waals surface area contributed by atoms with Crippen molar-refractivity contribution in [2.24, 2.45) is 0 Å². The highest BCUT2D eigenvalue weighted by atomic mass is 35.5. The number of nitrogens with zero attached hydrogens (tertiary/aromatic N) is 3. The van der Waals surface area contributed by atoms with E-state index in [-0.39, 0.29) is 0 Å². The lowest BCUT2D eigenvalue weighted by Gasteiger charge is -2.08. The van der Waals surface area contributed by atoms with Gasteiger partial charge in [-0.1, -0.05) is 23.7 Å². The van der Waals surface area contributed by atoms with E-state index in [0.717, 1.165) is 21.3 Å². The summed E-state index contributed by atoms with van der Waals surface area (Å²) in [5.74, 6) is 0. The molecule has 4 nitrogen and oxygen atoms in total. The van der Waals surface area contributed by atoms with E-state index in [4.69, 9.17) is 11.6 Å². The standard InChI is InChI=1S/C14H12ClN3OS/c1-9(19)10-5-6-12(11(15)8-10)20-14-17-16-13-4-2-3-7-18(13)14/h2-9,19H,1H3. The van der Waals surface area contributed by atoms with E-state index in [1.165, 1.54) is 11.8 Å². The molecule has 0 spiro atoms. The Labute approximate surface area is 125 Å². The molecule has 0 amide bonds. The molecule has 0 saturated carbocycles. The summed E-state index contributed by atoms with van der Waals surface area (Å²) in [4.78, 5) is 0.884. The quantitative estimate of drug-likeness (QED) is 0.803. The average Bonchev–Trinajstić information content (AvgIpc) is 2.84. The fourth-order valence-electron chi connectivity index (χ4n) is 1.85. The summed E-state index contributed by atoms with van der Waals surface area (Å²) in [6, 6.07) is 11.3. The fourth-order valence-corrected chi connectivity index (χ4v) is 2.98. The SMILES string of the molecule is CC(O)c1ccc(Sc2nnc3ccccn23)c(Cl)c1. The first-order valence-electron chi connectivity index (χ1n) is 6.10. The van der Waals surface area contributed by atoms with Gasteiger partial charge in [0.25, 0.3) is 0 Å². The molecule has 0 aliphatic carbocycles. The Bertz CT molecular complexity index is 757. The highest BCUT2D eigenvalue weighted by Crippen LogP contribution is 2.33. The van der Waals surface area contributed by atoms with Gasteiger partial charge in [-0.25, -0.2) is 0 Å². The van der Waals surface area contributed by atoms with Crippen LogP contribution in [0.5, 0.6) is 0 Å². The molecule has 3 rings (SSSR count). The molecule has 3 aromatic rings. The number of hydrogen-bond donors (Lipinski definition) is 1. The molecule has 0 aliphatic heterocycles. The largest absolute Gasteiger partial charge is 0.389 e. The van der Waals surface area contributed by atoms with Gasteiger partial charge in [-0.05, 0) is 48.5 Å². The topological polar surface area (TPSA) is 50.4 Å². The highest BCUT2D eigenvalue weighted by Gasteiger charge is 2.11. The van der Waals surface area contributed by atoms with E-state index in [1.807, 2.05) is 40.9 Å². The molecule has 0 bridgehead atoms. The maximum Gasteiger partial charge on any atom is 0.200 e.